The summed E-state index contributed by atoms with van der Waals surface area (Å²) in [5.41, 5.74) is 2.56. The Morgan fingerprint density at radius 1 is 1.64 bits per heavy atom. The molecular formula is C10H15N. The number of hydrogen-bond donors (Lipinski definition) is 0. The van der Waals surface area contributed by atoms with Gasteiger partial charge in [-0.05, 0) is 32.9 Å². The predicted octanol–water partition coefficient (Wildman–Crippen LogP) is 1.66. The molecule has 0 spiro atoms. The number of rotatable bonds is 0. The molecular weight excluding hydrogens is 134 g/mol. The number of nitrogens with zero attached hydrogens (tertiary/aromatic N) is 1. The lowest BCUT2D eigenvalue weighted by Gasteiger charge is -2.30. The topological polar surface area (TPSA) is 3.24 Å². The highest BCUT2D eigenvalue weighted by molar-refractivity contribution is 5.33. The summed E-state index contributed by atoms with van der Waals surface area (Å²) in [5.74, 6) is 2.76. The Morgan fingerprint density at radius 2 is 2.27 bits per heavy atom. The summed E-state index contributed by atoms with van der Waals surface area (Å²) >= 11 is 0. The second-order valence-electron chi connectivity index (χ2n) is 3.37. The first kappa shape index (κ1) is 8.36. The minimum absolute atomic E-state index is 0.602. The van der Waals surface area contributed by atoms with Crippen LogP contribution < -0.4 is 0 Å². The Labute approximate surface area is 69.1 Å². The maximum Gasteiger partial charge on any atom is 0.0202 e. The fraction of sp³-hybridized carbons (Fsp3) is 0.600. The van der Waals surface area contributed by atoms with Gasteiger partial charge in [-0.15, -0.1) is 6.42 Å². The van der Waals surface area contributed by atoms with E-state index in [4.69, 9.17) is 6.42 Å². The highest BCUT2D eigenvalue weighted by atomic mass is 15.1. The fourth-order valence-electron chi connectivity index (χ4n) is 1.43. The highest BCUT2D eigenvalue weighted by Gasteiger charge is 2.17. The van der Waals surface area contributed by atoms with Gasteiger partial charge in [-0.3, -0.25) is 4.90 Å². The monoisotopic (exact) mass is 149 g/mol. The summed E-state index contributed by atoms with van der Waals surface area (Å²) in [7, 11) is 2.14. The van der Waals surface area contributed by atoms with Gasteiger partial charge in [0.15, 0.2) is 0 Å². The van der Waals surface area contributed by atoms with Crippen molar-refractivity contribution in [3.63, 3.8) is 0 Å². The van der Waals surface area contributed by atoms with Crippen LogP contribution in [0.15, 0.2) is 11.1 Å². The second-order valence-corrected chi connectivity index (χ2v) is 3.37. The molecule has 1 aliphatic rings. The Morgan fingerprint density at radius 3 is 2.82 bits per heavy atom. The molecule has 1 atom stereocenters. The van der Waals surface area contributed by atoms with Gasteiger partial charge >= 0.3 is 0 Å². The van der Waals surface area contributed by atoms with Crippen molar-refractivity contribution < 1.29 is 0 Å². The minimum Gasteiger partial charge on any atom is -0.299 e. The van der Waals surface area contributed by atoms with Crippen molar-refractivity contribution in [2.45, 2.75) is 26.3 Å². The molecule has 1 unspecified atom stereocenters. The van der Waals surface area contributed by atoms with Crippen molar-refractivity contribution >= 4 is 0 Å². The number of terminal acetylenes is 1. The van der Waals surface area contributed by atoms with Crippen LogP contribution in [-0.4, -0.2) is 24.5 Å². The molecule has 0 aliphatic carbocycles. The molecule has 0 saturated carbocycles. The molecule has 0 N–H and O–H groups in total. The van der Waals surface area contributed by atoms with Crippen LogP contribution in [0.2, 0.25) is 0 Å². The van der Waals surface area contributed by atoms with E-state index in [1.807, 2.05) is 0 Å². The maximum absolute atomic E-state index is 5.37. The summed E-state index contributed by atoms with van der Waals surface area (Å²) in [6.45, 7) is 5.36. The first-order chi connectivity index (χ1) is 5.15. The molecule has 0 amide bonds. The van der Waals surface area contributed by atoms with Gasteiger partial charge in [0.1, 0.15) is 0 Å². The molecule has 0 aromatic rings. The second kappa shape index (κ2) is 3.11. The van der Waals surface area contributed by atoms with Crippen LogP contribution in [0.4, 0.5) is 0 Å². The first-order valence-corrected chi connectivity index (χ1v) is 4.00. The third kappa shape index (κ3) is 1.64. The maximum atomic E-state index is 5.37. The highest BCUT2D eigenvalue weighted by Crippen LogP contribution is 2.20. The predicted molar refractivity (Wildman–Crippen MR) is 48.2 cm³/mol. The molecule has 11 heavy (non-hydrogen) atoms. The van der Waals surface area contributed by atoms with E-state index >= 15 is 0 Å². The van der Waals surface area contributed by atoms with E-state index in [1.165, 1.54) is 11.1 Å². The van der Waals surface area contributed by atoms with Crippen molar-refractivity contribution in [1.29, 1.82) is 0 Å². The van der Waals surface area contributed by atoms with Crippen LogP contribution in [-0.2, 0) is 0 Å². The van der Waals surface area contributed by atoms with Crippen molar-refractivity contribution in [3.8, 4) is 12.3 Å². The van der Waals surface area contributed by atoms with E-state index < -0.39 is 0 Å². The zero-order valence-corrected chi connectivity index (χ0v) is 7.52. The molecule has 0 saturated heterocycles. The average molecular weight is 149 g/mol. The lowest BCUT2D eigenvalue weighted by atomic mass is 9.97. The van der Waals surface area contributed by atoms with Crippen LogP contribution in [0, 0.1) is 12.3 Å². The summed E-state index contributed by atoms with van der Waals surface area (Å²) in [6.07, 6.45) is 6.42. The molecule has 1 aliphatic heterocycles. The smallest absolute Gasteiger partial charge is 0.0202 e. The Kier molecular flexibility index (Phi) is 2.36. The summed E-state index contributed by atoms with van der Waals surface area (Å²) < 4.78 is 0. The van der Waals surface area contributed by atoms with Crippen molar-refractivity contribution in [3.05, 3.63) is 11.1 Å². The third-order valence-corrected chi connectivity index (χ3v) is 2.43. The van der Waals surface area contributed by atoms with E-state index in [-0.39, 0.29) is 0 Å². The Balaban J connectivity index is 2.81. The summed E-state index contributed by atoms with van der Waals surface area (Å²) in [5, 5.41) is 0. The molecule has 0 bridgehead atoms. The van der Waals surface area contributed by atoms with Crippen LogP contribution in [0.25, 0.3) is 0 Å². The van der Waals surface area contributed by atoms with Crippen LogP contribution >= 0.6 is 0 Å². The normalized spacial score (nSPS) is 26.9. The zero-order chi connectivity index (χ0) is 8.43. The molecule has 1 rings (SSSR count). The molecule has 1 heterocycles. The van der Waals surface area contributed by atoms with Crippen LogP contribution in [0.1, 0.15) is 20.3 Å². The number of hydrogen-bond acceptors (Lipinski definition) is 1. The summed E-state index contributed by atoms with van der Waals surface area (Å²) in [6, 6.07) is 0.602. The van der Waals surface area contributed by atoms with E-state index in [0.717, 1.165) is 13.0 Å². The summed E-state index contributed by atoms with van der Waals surface area (Å²) in [4.78, 5) is 2.33. The molecule has 0 aromatic carbocycles. The van der Waals surface area contributed by atoms with Gasteiger partial charge in [0.05, 0.1) is 0 Å². The van der Waals surface area contributed by atoms with Crippen LogP contribution in [0.3, 0.4) is 0 Å². The molecule has 1 nitrogen and oxygen atoms in total. The molecule has 0 radical (unpaired) electrons. The standard InChI is InChI=1S/C10H15N/c1-5-10-6-9(3)11(4)7-8(10)2/h1,9H,6-7H2,2-4H3. The fourth-order valence-corrected chi connectivity index (χ4v) is 1.43. The molecule has 0 fully saturated rings. The van der Waals surface area contributed by atoms with E-state index in [2.05, 4.69) is 31.7 Å². The average Bonchev–Trinajstić information content (AvgIpc) is 1.97. The lowest BCUT2D eigenvalue weighted by molar-refractivity contribution is 0.263. The number of likely N-dealkylation sites (N-methyl/N-ethyl adjacent to an activating group) is 1. The van der Waals surface area contributed by atoms with E-state index in [9.17, 15) is 0 Å². The van der Waals surface area contributed by atoms with Gasteiger partial charge in [-0.25, -0.2) is 0 Å². The largest absolute Gasteiger partial charge is 0.299 e. The van der Waals surface area contributed by atoms with Crippen LogP contribution in [0.5, 0.6) is 0 Å². The minimum atomic E-state index is 0.602. The Bertz CT molecular complexity index is 220. The third-order valence-electron chi connectivity index (χ3n) is 2.43. The van der Waals surface area contributed by atoms with Gasteiger partial charge < -0.3 is 0 Å². The SMILES string of the molecule is C#CC1=C(C)CN(C)C(C)C1. The van der Waals surface area contributed by atoms with Crippen molar-refractivity contribution in [2.75, 3.05) is 13.6 Å². The first-order valence-electron chi connectivity index (χ1n) is 4.00. The van der Waals surface area contributed by atoms with E-state index in [0.29, 0.717) is 6.04 Å². The van der Waals surface area contributed by atoms with Gasteiger partial charge in [0, 0.05) is 18.2 Å². The van der Waals surface area contributed by atoms with Gasteiger partial charge in [-0.1, -0.05) is 5.92 Å². The van der Waals surface area contributed by atoms with Crippen molar-refractivity contribution in [2.24, 2.45) is 0 Å². The van der Waals surface area contributed by atoms with E-state index in [1.54, 1.807) is 0 Å². The quantitative estimate of drug-likeness (QED) is 0.473. The van der Waals surface area contributed by atoms with Crippen molar-refractivity contribution in [1.82, 2.24) is 4.90 Å². The molecule has 1 heteroatoms. The zero-order valence-electron chi connectivity index (χ0n) is 7.52. The van der Waals surface area contributed by atoms with Gasteiger partial charge in [-0.2, -0.15) is 0 Å². The van der Waals surface area contributed by atoms with Gasteiger partial charge in [0.2, 0.25) is 0 Å². The lowest BCUT2D eigenvalue weighted by Crippen LogP contribution is -2.34. The Hall–Kier alpha value is -0.740. The molecule has 0 aromatic heterocycles. The van der Waals surface area contributed by atoms with Gasteiger partial charge in [0.25, 0.3) is 0 Å². The molecule has 60 valence electrons.